The average Bonchev–Trinajstić information content (AvgIpc) is 3.41. The molecule has 0 bridgehead atoms. The lowest BCUT2D eigenvalue weighted by atomic mass is 10.1. The summed E-state index contributed by atoms with van der Waals surface area (Å²) in [5.74, 6) is -0.212. The summed E-state index contributed by atoms with van der Waals surface area (Å²) in [6.07, 6.45) is 3.77. The molecule has 4 aromatic rings. The number of pyridine rings is 1. The first-order chi connectivity index (χ1) is 13.9. The molecule has 0 aliphatic carbocycles. The van der Waals surface area contributed by atoms with Crippen molar-refractivity contribution in [2.75, 3.05) is 0 Å². The molecule has 0 saturated heterocycles. The minimum Gasteiger partial charge on any atom is -0.348 e. The molecular weight excluding hydrogens is 370 g/mol. The highest BCUT2D eigenvalue weighted by atomic mass is 16.5. The van der Waals surface area contributed by atoms with E-state index >= 15 is 0 Å². The van der Waals surface area contributed by atoms with Crippen LogP contribution in [-0.4, -0.2) is 41.7 Å². The summed E-state index contributed by atoms with van der Waals surface area (Å²) in [6, 6.07) is 5.43. The summed E-state index contributed by atoms with van der Waals surface area (Å²) < 4.78 is 8.97. The number of carbonyl (C=O) groups excluding carboxylic acids is 1. The molecule has 29 heavy (non-hydrogen) atoms. The minimum absolute atomic E-state index is 0.118. The van der Waals surface area contributed by atoms with Crippen LogP contribution in [0.3, 0.4) is 0 Å². The molecule has 150 valence electrons. The summed E-state index contributed by atoms with van der Waals surface area (Å²) in [5, 5.41) is 16.5. The molecule has 1 amide bonds. The molecule has 4 heterocycles. The quantitative estimate of drug-likeness (QED) is 0.540. The van der Waals surface area contributed by atoms with Crippen molar-refractivity contribution >= 4 is 17.0 Å². The van der Waals surface area contributed by atoms with Gasteiger partial charge in [-0.2, -0.15) is 10.2 Å². The van der Waals surface area contributed by atoms with Crippen LogP contribution in [0.5, 0.6) is 0 Å². The van der Waals surface area contributed by atoms with Crippen LogP contribution >= 0.6 is 0 Å². The van der Waals surface area contributed by atoms with E-state index in [1.165, 1.54) is 0 Å². The zero-order valence-electron chi connectivity index (χ0n) is 16.9. The van der Waals surface area contributed by atoms with E-state index in [4.69, 9.17) is 4.52 Å². The van der Waals surface area contributed by atoms with Crippen LogP contribution in [0.2, 0.25) is 0 Å². The molecule has 0 fully saturated rings. The molecule has 1 N–H and O–H groups in total. The van der Waals surface area contributed by atoms with E-state index in [-0.39, 0.29) is 11.9 Å². The van der Waals surface area contributed by atoms with Crippen molar-refractivity contribution in [2.45, 2.75) is 46.8 Å². The SMILES string of the molecule is CCn1ccc(-c2cc(C(=O)N[C@H](C)Cn3ccc(C)n3)c3c(C)noc3n2)n1. The van der Waals surface area contributed by atoms with Crippen LogP contribution in [0, 0.1) is 13.8 Å². The lowest BCUT2D eigenvalue weighted by molar-refractivity contribution is 0.0937. The molecule has 0 aromatic carbocycles. The standard InChI is InChI=1S/C20H23N7O2/c1-5-26-9-7-16(24-26)17-10-15(18-14(4)25-29-20(18)22-17)19(28)21-13(3)11-27-8-6-12(2)23-27/h6-10,13H,5,11H2,1-4H3,(H,21,28)/t13-/m1/s1. The van der Waals surface area contributed by atoms with Gasteiger partial charge in [0.25, 0.3) is 11.6 Å². The Morgan fingerprint density at radius 3 is 2.66 bits per heavy atom. The largest absolute Gasteiger partial charge is 0.348 e. The first-order valence-electron chi connectivity index (χ1n) is 9.56. The molecular formula is C20H23N7O2. The van der Waals surface area contributed by atoms with Gasteiger partial charge >= 0.3 is 0 Å². The van der Waals surface area contributed by atoms with E-state index in [0.717, 1.165) is 12.2 Å². The highest BCUT2D eigenvalue weighted by Gasteiger charge is 2.21. The third kappa shape index (κ3) is 3.75. The van der Waals surface area contributed by atoms with E-state index in [1.807, 2.05) is 50.0 Å². The van der Waals surface area contributed by atoms with Crippen molar-refractivity contribution in [3.63, 3.8) is 0 Å². The lowest BCUT2D eigenvalue weighted by Crippen LogP contribution is -2.36. The number of hydrogen-bond acceptors (Lipinski definition) is 6. The Bertz CT molecular complexity index is 1170. The summed E-state index contributed by atoms with van der Waals surface area (Å²) in [7, 11) is 0. The van der Waals surface area contributed by atoms with Gasteiger partial charge in [0.1, 0.15) is 5.69 Å². The smallest absolute Gasteiger partial charge is 0.259 e. The molecule has 0 spiro atoms. The van der Waals surface area contributed by atoms with Crippen molar-refractivity contribution in [3.8, 4) is 11.4 Å². The molecule has 0 aliphatic rings. The van der Waals surface area contributed by atoms with E-state index in [0.29, 0.717) is 40.3 Å². The van der Waals surface area contributed by atoms with Gasteiger partial charge in [-0.15, -0.1) is 0 Å². The Hall–Kier alpha value is -3.49. The fraction of sp³-hybridized carbons (Fsp3) is 0.350. The van der Waals surface area contributed by atoms with Crippen LogP contribution in [0.4, 0.5) is 0 Å². The minimum atomic E-state index is -0.212. The number of rotatable bonds is 6. The van der Waals surface area contributed by atoms with Crippen molar-refractivity contribution in [1.82, 2.24) is 35.0 Å². The highest BCUT2D eigenvalue weighted by molar-refractivity contribution is 6.07. The number of fused-ring (bicyclic) bond motifs is 1. The Kier molecular flexibility index (Phi) is 4.87. The fourth-order valence-corrected chi connectivity index (χ4v) is 3.27. The summed E-state index contributed by atoms with van der Waals surface area (Å²) in [6.45, 7) is 9.01. The Balaban J connectivity index is 1.65. The maximum absolute atomic E-state index is 13.1. The number of carbonyl (C=O) groups is 1. The molecule has 0 radical (unpaired) electrons. The van der Waals surface area contributed by atoms with Gasteiger partial charge in [-0.3, -0.25) is 14.2 Å². The van der Waals surface area contributed by atoms with Gasteiger partial charge in [0.2, 0.25) is 0 Å². The van der Waals surface area contributed by atoms with Crippen LogP contribution in [0.15, 0.2) is 35.1 Å². The van der Waals surface area contributed by atoms with E-state index < -0.39 is 0 Å². The number of nitrogens with zero attached hydrogens (tertiary/aromatic N) is 6. The predicted octanol–water partition coefficient (Wildman–Crippen LogP) is 2.74. The lowest BCUT2D eigenvalue weighted by Gasteiger charge is -2.14. The first-order valence-corrected chi connectivity index (χ1v) is 9.56. The van der Waals surface area contributed by atoms with E-state index in [2.05, 4.69) is 25.7 Å². The monoisotopic (exact) mass is 393 g/mol. The molecule has 4 aromatic heterocycles. The second kappa shape index (κ2) is 7.50. The van der Waals surface area contributed by atoms with Gasteiger partial charge in [0.05, 0.1) is 34.6 Å². The molecule has 0 aliphatic heterocycles. The number of aryl methyl sites for hydroxylation is 3. The van der Waals surface area contributed by atoms with Crippen molar-refractivity contribution in [2.24, 2.45) is 0 Å². The molecule has 4 rings (SSSR count). The van der Waals surface area contributed by atoms with Gasteiger partial charge in [-0.25, -0.2) is 4.98 Å². The van der Waals surface area contributed by atoms with Gasteiger partial charge in [-0.05, 0) is 45.9 Å². The van der Waals surface area contributed by atoms with E-state index in [1.54, 1.807) is 17.7 Å². The summed E-state index contributed by atoms with van der Waals surface area (Å²) >= 11 is 0. The number of nitrogens with one attached hydrogen (secondary N) is 1. The third-order valence-electron chi connectivity index (χ3n) is 4.70. The van der Waals surface area contributed by atoms with Gasteiger partial charge in [0.15, 0.2) is 0 Å². The molecule has 9 heteroatoms. The first kappa shape index (κ1) is 18.9. The normalized spacial score (nSPS) is 12.4. The van der Waals surface area contributed by atoms with Crippen LogP contribution < -0.4 is 5.32 Å². The van der Waals surface area contributed by atoms with Crippen LogP contribution in [0.25, 0.3) is 22.5 Å². The molecule has 0 saturated carbocycles. The van der Waals surface area contributed by atoms with Crippen molar-refractivity contribution in [1.29, 1.82) is 0 Å². The van der Waals surface area contributed by atoms with Crippen molar-refractivity contribution < 1.29 is 9.32 Å². The zero-order valence-corrected chi connectivity index (χ0v) is 16.9. The summed E-state index contributed by atoms with van der Waals surface area (Å²) in [4.78, 5) is 17.6. The molecule has 1 atom stereocenters. The second-order valence-electron chi connectivity index (χ2n) is 7.11. The zero-order chi connectivity index (χ0) is 20.5. The van der Waals surface area contributed by atoms with E-state index in [9.17, 15) is 4.79 Å². The Labute approximate surface area is 167 Å². The van der Waals surface area contributed by atoms with Crippen LogP contribution in [0.1, 0.15) is 35.6 Å². The Morgan fingerprint density at radius 2 is 1.97 bits per heavy atom. The summed E-state index contributed by atoms with van der Waals surface area (Å²) in [5.41, 5.74) is 3.61. The number of aromatic nitrogens is 6. The number of hydrogen-bond donors (Lipinski definition) is 1. The van der Waals surface area contributed by atoms with Crippen molar-refractivity contribution in [3.05, 3.63) is 47.5 Å². The molecule has 9 nitrogen and oxygen atoms in total. The average molecular weight is 393 g/mol. The van der Waals surface area contributed by atoms with Gasteiger partial charge < -0.3 is 9.84 Å². The predicted molar refractivity (Wildman–Crippen MR) is 107 cm³/mol. The maximum Gasteiger partial charge on any atom is 0.259 e. The number of amides is 1. The third-order valence-corrected chi connectivity index (χ3v) is 4.70. The topological polar surface area (TPSA) is 104 Å². The van der Waals surface area contributed by atoms with Gasteiger partial charge in [0, 0.05) is 25.0 Å². The Morgan fingerprint density at radius 1 is 1.17 bits per heavy atom. The molecule has 0 unspecified atom stereocenters. The van der Waals surface area contributed by atoms with Crippen LogP contribution in [-0.2, 0) is 13.1 Å². The maximum atomic E-state index is 13.1. The second-order valence-corrected chi connectivity index (χ2v) is 7.11. The van der Waals surface area contributed by atoms with Gasteiger partial charge in [-0.1, -0.05) is 5.16 Å². The highest BCUT2D eigenvalue weighted by Crippen LogP contribution is 2.26. The fourth-order valence-electron chi connectivity index (χ4n) is 3.27.